The first kappa shape index (κ1) is 26.5. The Bertz CT molecular complexity index is 1880. The van der Waals surface area contributed by atoms with Gasteiger partial charge in [0.15, 0.2) is 0 Å². The average molecular weight is 593 g/mol. The highest BCUT2D eigenvalue weighted by molar-refractivity contribution is 6.31. The minimum atomic E-state index is -1.30. The van der Waals surface area contributed by atoms with Crippen molar-refractivity contribution in [2.24, 2.45) is 16.9 Å². The number of hydrazone groups is 1. The lowest BCUT2D eigenvalue weighted by Gasteiger charge is -2.52. The Morgan fingerprint density at radius 2 is 1.58 bits per heavy atom. The van der Waals surface area contributed by atoms with Crippen LogP contribution in [0.3, 0.4) is 0 Å². The lowest BCUT2D eigenvalue weighted by Crippen LogP contribution is -2.54. The molecule has 0 radical (unpaired) electrons. The quantitative estimate of drug-likeness (QED) is 0.146. The number of hydrogen-bond acceptors (Lipinski definition) is 7. The van der Waals surface area contributed by atoms with Crippen molar-refractivity contribution in [1.82, 2.24) is 5.43 Å². The molecule has 0 spiro atoms. The van der Waals surface area contributed by atoms with Crippen LogP contribution in [-0.4, -0.2) is 34.0 Å². The molecular formula is C32H21ClN4O6. The standard InChI is InChI=1S/C32H21ClN4O6/c33-17-13-14-23(24(15-17)37(42)43)36-30(40)27-26-18-7-1-4-10-21(18)32(28(27)31(36)41,22-11-5-2-8-19(22)26)16-34-35-29(39)20-9-3-6-12-25(20)38/h1-16,26-28,38H,(H,35,39)/b34-16+. The average Bonchev–Trinajstić information content (AvgIpc) is 3.28. The number of nitro benzene ring substituents is 1. The fraction of sp³-hybridized carbons (Fsp3) is 0.125. The van der Waals surface area contributed by atoms with Gasteiger partial charge in [0.1, 0.15) is 11.4 Å². The molecule has 4 aromatic rings. The molecule has 3 amide bonds. The zero-order valence-electron chi connectivity index (χ0n) is 22.2. The zero-order valence-corrected chi connectivity index (χ0v) is 22.9. The molecule has 3 aliphatic carbocycles. The maximum absolute atomic E-state index is 14.5. The van der Waals surface area contributed by atoms with Gasteiger partial charge in [-0.3, -0.25) is 24.5 Å². The highest BCUT2D eigenvalue weighted by Gasteiger charge is 2.68. The van der Waals surface area contributed by atoms with E-state index >= 15 is 0 Å². The molecule has 0 aromatic heterocycles. The van der Waals surface area contributed by atoms with Crippen LogP contribution < -0.4 is 10.3 Å². The molecule has 1 fully saturated rings. The minimum Gasteiger partial charge on any atom is -0.507 e. The summed E-state index contributed by atoms with van der Waals surface area (Å²) in [6.07, 6.45) is 1.47. The molecule has 2 bridgehead atoms. The van der Waals surface area contributed by atoms with Gasteiger partial charge in [-0.2, -0.15) is 5.10 Å². The van der Waals surface area contributed by atoms with Crippen molar-refractivity contribution in [2.75, 3.05) is 4.90 Å². The van der Waals surface area contributed by atoms with Crippen LogP contribution in [-0.2, 0) is 15.0 Å². The Labute approximate surface area is 249 Å². The van der Waals surface area contributed by atoms with Gasteiger partial charge < -0.3 is 5.11 Å². The molecule has 1 heterocycles. The Balaban J connectivity index is 1.42. The van der Waals surface area contributed by atoms with Crippen LogP contribution in [0.1, 0.15) is 38.5 Å². The summed E-state index contributed by atoms with van der Waals surface area (Å²) in [6, 6.07) is 24.7. The predicted octanol–water partition coefficient (Wildman–Crippen LogP) is 4.92. The van der Waals surface area contributed by atoms with Crippen molar-refractivity contribution in [1.29, 1.82) is 0 Å². The smallest absolute Gasteiger partial charge is 0.294 e. The minimum absolute atomic E-state index is 0.0107. The first-order valence-electron chi connectivity index (χ1n) is 13.4. The van der Waals surface area contributed by atoms with Crippen LogP contribution in [0.25, 0.3) is 0 Å². The van der Waals surface area contributed by atoms with E-state index in [0.29, 0.717) is 0 Å². The second kappa shape index (κ2) is 9.60. The van der Waals surface area contributed by atoms with Crippen molar-refractivity contribution in [3.05, 3.63) is 134 Å². The lowest BCUT2D eigenvalue weighted by atomic mass is 9.47. The third-order valence-corrected chi connectivity index (χ3v) is 8.88. The van der Waals surface area contributed by atoms with E-state index in [2.05, 4.69) is 10.5 Å². The van der Waals surface area contributed by atoms with Gasteiger partial charge in [-0.1, -0.05) is 72.3 Å². The van der Waals surface area contributed by atoms with E-state index in [4.69, 9.17) is 11.6 Å². The summed E-state index contributed by atoms with van der Waals surface area (Å²) in [7, 11) is 0. The monoisotopic (exact) mass is 592 g/mol. The van der Waals surface area contributed by atoms with Crippen molar-refractivity contribution in [3.63, 3.8) is 0 Å². The number of aromatic hydroxyl groups is 1. The number of hydrogen-bond donors (Lipinski definition) is 2. The third kappa shape index (κ3) is 3.66. The number of phenolic OH excluding ortho intramolecular Hbond substituents is 1. The molecule has 0 saturated carbocycles. The summed E-state index contributed by atoms with van der Waals surface area (Å²) >= 11 is 6.04. The molecule has 10 nitrogen and oxygen atoms in total. The van der Waals surface area contributed by atoms with Gasteiger partial charge in [0.25, 0.3) is 11.6 Å². The molecule has 212 valence electrons. The normalized spacial score (nSPS) is 23.2. The number of anilines is 1. The number of halogens is 1. The summed E-state index contributed by atoms with van der Waals surface area (Å²) in [5, 5.41) is 26.5. The predicted molar refractivity (Wildman–Crippen MR) is 157 cm³/mol. The van der Waals surface area contributed by atoms with E-state index in [1.54, 1.807) is 12.1 Å². The number of para-hydroxylation sites is 1. The van der Waals surface area contributed by atoms with Crippen LogP contribution in [0.2, 0.25) is 5.02 Å². The summed E-state index contributed by atoms with van der Waals surface area (Å²) < 4.78 is 0. The molecule has 2 N–H and O–H groups in total. The highest BCUT2D eigenvalue weighted by atomic mass is 35.5. The number of rotatable bonds is 5. The first-order valence-corrected chi connectivity index (χ1v) is 13.8. The van der Waals surface area contributed by atoms with E-state index in [1.807, 2.05) is 48.5 Å². The van der Waals surface area contributed by atoms with Gasteiger partial charge in [-0.15, -0.1) is 0 Å². The Morgan fingerprint density at radius 3 is 2.23 bits per heavy atom. The summed E-state index contributed by atoms with van der Waals surface area (Å²) in [5.41, 5.74) is 3.69. The summed E-state index contributed by atoms with van der Waals surface area (Å²) in [5.74, 6) is -4.47. The van der Waals surface area contributed by atoms with E-state index in [1.165, 1.54) is 30.5 Å². The number of phenols is 1. The molecule has 1 saturated heterocycles. The lowest BCUT2D eigenvalue weighted by molar-refractivity contribution is -0.384. The topological polar surface area (TPSA) is 142 Å². The molecule has 1 aliphatic heterocycles. The number of nitro groups is 1. The molecule has 4 aliphatic rings. The van der Waals surface area contributed by atoms with Gasteiger partial charge in [-0.05, 0) is 46.5 Å². The number of carbonyl (C=O) groups excluding carboxylic acids is 3. The summed E-state index contributed by atoms with van der Waals surface area (Å²) in [6.45, 7) is 0. The van der Waals surface area contributed by atoms with E-state index in [-0.39, 0.29) is 22.0 Å². The van der Waals surface area contributed by atoms with Crippen LogP contribution >= 0.6 is 11.6 Å². The molecule has 2 unspecified atom stereocenters. The van der Waals surface area contributed by atoms with E-state index < -0.39 is 51.5 Å². The van der Waals surface area contributed by atoms with Gasteiger partial charge in [0.2, 0.25) is 11.8 Å². The summed E-state index contributed by atoms with van der Waals surface area (Å²) in [4.78, 5) is 53.9. The molecule has 11 heteroatoms. The number of nitrogens with one attached hydrogen (secondary N) is 1. The second-order valence-corrected chi connectivity index (χ2v) is 11.1. The maximum atomic E-state index is 14.5. The second-order valence-electron chi connectivity index (χ2n) is 10.6. The van der Waals surface area contributed by atoms with Gasteiger partial charge >= 0.3 is 0 Å². The molecule has 4 aromatic carbocycles. The fourth-order valence-corrected chi connectivity index (χ4v) is 7.20. The van der Waals surface area contributed by atoms with Crippen LogP contribution in [0.5, 0.6) is 5.75 Å². The van der Waals surface area contributed by atoms with Crippen LogP contribution in [0.15, 0.2) is 96.1 Å². The van der Waals surface area contributed by atoms with Crippen LogP contribution in [0.4, 0.5) is 11.4 Å². The van der Waals surface area contributed by atoms with Crippen molar-refractivity contribution < 1.29 is 24.4 Å². The Morgan fingerprint density at radius 1 is 0.953 bits per heavy atom. The largest absolute Gasteiger partial charge is 0.507 e. The van der Waals surface area contributed by atoms with Crippen molar-refractivity contribution in [2.45, 2.75) is 11.3 Å². The van der Waals surface area contributed by atoms with Gasteiger partial charge in [-0.25, -0.2) is 10.3 Å². The number of nitrogens with zero attached hydrogens (tertiary/aromatic N) is 3. The van der Waals surface area contributed by atoms with Gasteiger partial charge in [0, 0.05) is 23.2 Å². The third-order valence-electron chi connectivity index (χ3n) is 8.64. The van der Waals surface area contributed by atoms with E-state index in [0.717, 1.165) is 33.2 Å². The molecular weight excluding hydrogens is 572 g/mol. The highest BCUT2D eigenvalue weighted by Crippen LogP contribution is 2.64. The van der Waals surface area contributed by atoms with E-state index in [9.17, 15) is 29.6 Å². The molecule has 43 heavy (non-hydrogen) atoms. The molecule has 2 atom stereocenters. The first-order chi connectivity index (χ1) is 20.8. The molecule has 8 rings (SSSR count). The SMILES string of the molecule is O=C(N/N=C/C12c3ccccc3C(c3ccccc31)C1C(=O)N(c3ccc(Cl)cc3[N+](=O)[O-])C(=O)C12)c1ccccc1O. The van der Waals surface area contributed by atoms with Gasteiger partial charge in [0.05, 0.1) is 27.7 Å². The van der Waals surface area contributed by atoms with Crippen molar-refractivity contribution in [3.8, 4) is 5.75 Å². The fourth-order valence-electron chi connectivity index (χ4n) is 7.04. The maximum Gasteiger partial charge on any atom is 0.294 e. The number of imide groups is 1. The Hall–Kier alpha value is -5.35. The van der Waals surface area contributed by atoms with Crippen LogP contribution in [0, 0.1) is 22.0 Å². The van der Waals surface area contributed by atoms with Crippen molar-refractivity contribution >= 4 is 46.9 Å². The number of benzene rings is 4. The zero-order chi connectivity index (χ0) is 30.0. The number of amides is 3. The number of carbonyl (C=O) groups is 3. The Kier molecular flexibility index (Phi) is 5.93.